The summed E-state index contributed by atoms with van der Waals surface area (Å²) in [5.74, 6) is 2.37. The predicted octanol–water partition coefficient (Wildman–Crippen LogP) is 5.63. The fourth-order valence-electron chi connectivity index (χ4n) is 2.86. The van der Waals surface area contributed by atoms with Gasteiger partial charge in [-0.1, -0.05) is 51.0 Å². The maximum atomic E-state index is 2.37. The van der Waals surface area contributed by atoms with E-state index in [4.69, 9.17) is 0 Å². The molecule has 2 rings (SSSR count). The summed E-state index contributed by atoms with van der Waals surface area (Å²) in [6.07, 6.45) is 7.51. The molecule has 0 unspecified atom stereocenters. The molecule has 23 heavy (non-hydrogen) atoms. The van der Waals surface area contributed by atoms with Crippen molar-refractivity contribution in [1.29, 1.82) is 0 Å². The molecule has 0 radical (unpaired) electrons. The van der Waals surface area contributed by atoms with Crippen molar-refractivity contribution >= 4 is 24.0 Å². The fraction of sp³-hybridized carbons (Fsp3) is 0.409. The van der Waals surface area contributed by atoms with E-state index in [-0.39, 0.29) is 7.55 Å². The van der Waals surface area contributed by atoms with Gasteiger partial charge in [0, 0.05) is 0 Å². The van der Waals surface area contributed by atoms with E-state index in [0.29, 0.717) is 0 Å². The Morgan fingerprint density at radius 3 is 1.39 bits per heavy atom. The van der Waals surface area contributed by atoms with Gasteiger partial charge in [-0.05, 0) is 68.0 Å². The summed E-state index contributed by atoms with van der Waals surface area (Å²) in [5.41, 5.74) is 2.94. The Hall–Kier alpha value is -1.39. The Balaban J connectivity index is 2.13. The Labute approximate surface area is 143 Å². The highest BCUT2D eigenvalue weighted by molar-refractivity contribution is 7.72. The number of hydrogen-bond acceptors (Lipinski definition) is 0. The molecule has 0 amide bonds. The van der Waals surface area contributed by atoms with Crippen LogP contribution in [0.15, 0.2) is 48.5 Å². The van der Waals surface area contributed by atoms with Crippen LogP contribution in [-0.4, -0.2) is 5.80 Å². The van der Waals surface area contributed by atoms with E-state index in [1.165, 1.54) is 60.3 Å². The van der Waals surface area contributed by atoms with E-state index in [9.17, 15) is 0 Å². The van der Waals surface area contributed by atoms with Crippen molar-refractivity contribution < 1.29 is 0 Å². The molecule has 2 aromatic carbocycles. The number of benzene rings is 2. The Morgan fingerprint density at radius 2 is 1.09 bits per heavy atom. The van der Waals surface area contributed by atoms with E-state index in [0.717, 1.165) is 0 Å². The lowest BCUT2D eigenvalue weighted by molar-refractivity contribution is 0.795. The zero-order valence-electron chi connectivity index (χ0n) is 14.9. The molecule has 0 aliphatic heterocycles. The van der Waals surface area contributed by atoms with E-state index in [1.807, 2.05) is 0 Å². The summed E-state index contributed by atoms with van der Waals surface area (Å²) < 4.78 is 0. The number of aryl methyl sites for hydroxylation is 2. The van der Waals surface area contributed by atoms with E-state index in [1.54, 1.807) is 0 Å². The van der Waals surface area contributed by atoms with Crippen LogP contribution in [0.1, 0.15) is 57.6 Å². The molecule has 2 aromatic rings. The van der Waals surface area contributed by atoms with Gasteiger partial charge >= 0.3 is 0 Å². The first kappa shape index (κ1) is 18.0. The van der Waals surface area contributed by atoms with Crippen molar-refractivity contribution in [2.75, 3.05) is 0 Å². The maximum absolute atomic E-state index is 2.37. The van der Waals surface area contributed by atoms with Crippen LogP contribution in [0.5, 0.6) is 0 Å². The molecule has 0 aliphatic carbocycles. The van der Waals surface area contributed by atoms with Gasteiger partial charge in [0.1, 0.15) is 0 Å². The third kappa shape index (κ3) is 5.33. The predicted molar refractivity (Wildman–Crippen MR) is 108 cm³/mol. The largest absolute Gasteiger partial charge is 0.165 e. The highest BCUT2D eigenvalue weighted by Gasteiger charge is 2.16. The summed E-state index contributed by atoms with van der Waals surface area (Å²) >= 11 is 0. The Morgan fingerprint density at radius 1 is 0.696 bits per heavy atom. The monoisotopic (exact) mass is 325 g/mol. The molecular formula is C22H30P+. The SMILES string of the molecule is CC=[P+](c1ccc(CCCC)cc1)c1ccc(CCCC)cc1. The summed E-state index contributed by atoms with van der Waals surface area (Å²) in [7, 11) is -0.324. The van der Waals surface area contributed by atoms with Crippen LogP contribution >= 0.6 is 7.55 Å². The summed E-state index contributed by atoms with van der Waals surface area (Å²) in [6, 6.07) is 18.6. The van der Waals surface area contributed by atoms with Gasteiger partial charge < -0.3 is 0 Å². The number of rotatable bonds is 8. The molecule has 0 fully saturated rings. The van der Waals surface area contributed by atoms with Crippen LogP contribution in [0.3, 0.4) is 0 Å². The topological polar surface area (TPSA) is 0 Å². The summed E-state index contributed by atoms with van der Waals surface area (Å²) in [5, 5.41) is 2.92. The van der Waals surface area contributed by atoms with Crippen LogP contribution in [-0.2, 0) is 12.8 Å². The Kier molecular flexibility index (Phi) is 7.56. The molecule has 0 N–H and O–H groups in total. The van der Waals surface area contributed by atoms with E-state index < -0.39 is 0 Å². The summed E-state index contributed by atoms with van der Waals surface area (Å²) in [4.78, 5) is 0. The highest BCUT2D eigenvalue weighted by Crippen LogP contribution is 2.22. The molecular weight excluding hydrogens is 295 g/mol. The average Bonchev–Trinajstić information content (AvgIpc) is 2.61. The van der Waals surface area contributed by atoms with Crippen molar-refractivity contribution in [1.82, 2.24) is 0 Å². The van der Waals surface area contributed by atoms with Gasteiger partial charge in [-0.3, -0.25) is 0 Å². The second-order valence-corrected chi connectivity index (χ2v) is 8.46. The van der Waals surface area contributed by atoms with Gasteiger partial charge in [0.15, 0.2) is 18.2 Å². The van der Waals surface area contributed by atoms with Gasteiger partial charge in [-0.15, -0.1) is 0 Å². The van der Waals surface area contributed by atoms with Crippen LogP contribution < -0.4 is 10.6 Å². The molecule has 0 bridgehead atoms. The smallest absolute Gasteiger partial charge is 0.0654 e. The first-order chi connectivity index (χ1) is 11.3. The molecule has 1 heteroatoms. The second-order valence-electron chi connectivity index (χ2n) is 6.17. The normalized spacial score (nSPS) is 10.6. The Bertz CT molecular complexity index is 552. The van der Waals surface area contributed by atoms with Crippen molar-refractivity contribution in [3.63, 3.8) is 0 Å². The van der Waals surface area contributed by atoms with Crippen molar-refractivity contribution in [2.24, 2.45) is 0 Å². The maximum Gasteiger partial charge on any atom is 0.165 e. The average molecular weight is 325 g/mol. The molecule has 0 saturated carbocycles. The third-order valence-corrected chi connectivity index (χ3v) is 6.55. The van der Waals surface area contributed by atoms with Crippen molar-refractivity contribution in [2.45, 2.75) is 59.3 Å². The van der Waals surface area contributed by atoms with E-state index >= 15 is 0 Å². The lowest BCUT2D eigenvalue weighted by Gasteiger charge is -2.02. The quantitative estimate of drug-likeness (QED) is 0.552. The zero-order chi connectivity index (χ0) is 16.5. The minimum absolute atomic E-state index is 0.324. The standard InChI is InChI=1S/C22H30P/c1-4-7-9-19-11-15-21(16-12-19)23(6-3)22-17-13-20(14-18-22)10-8-5-2/h6,11-18H,4-5,7-10H2,1-3H3/q+1. The second kappa shape index (κ2) is 9.68. The van der Waals surface area contributed by atoms with Crippen LogP contribution in [0, 0.1) is 0 Å². The molecule has 0 heterocycles. The molecule has 0 aromatic heterocycles. The van der Waals surface area contributed by atoms with E-state index in [2.05, 4.69) is 75.1 Å². The molecule has 0 saturated heterocycles. The molecule has 0 nitrogen and oxygen atoms in total. The minimum Gasteiger partial charge on any atom is -0.0654 e. The van der Waals surface area contributed by atoms with Crippen molar-refractivity contribution in [3.05, 3.63) is 59.7 Å². The molecule has 0 atom stereocenters. The van der Waals surface area contributed by atoms with Gasteiger partial charge in [0.05, 0.1) is 5.80 Å². The number of hydrogen-bond donors (Lipinski definition) is 0. The van der Waals surface area contributed by atoms with Gasteiger partial charge in [0.2, 0.25) is 0 Å². The van der Waals surface area contributed by atoms with Gasteiger partial charge in [0.25, 0.3) is 0 Å². The van der Waals surface area contributed by atoms with Crippen LogP contribution in [0.4, 0.5) is 0 Å². The fourth-order valence-corrected chi connectivity index (χ4v) is 4.69. The number of unbranched alkanes of at least 4 members (excludes halogenated alkanes) is 2. The summed E-state index contributed by atoms with van der Waals surface area (Å²) in [6.45, 7) is 6.70. The van der Waals surface area contributed by atoms with Gasteiger partial charge in [-0.25, -0.2) is 0 Å². The van der Waals surface area contributed by atoms with Gasteiger partial charge in [-0.2, -0.15) is 0 Å². The first-order valence-electron chi connectivity index (χ1n) is 9.05. The third-order valence-electron chi connectivity index (χ3n) is 4.33. The van der Waals surface area contributed by atoms with Crippen molar-refractivity contribution in [3.8, 4) is 0 Å². The zero-order valence-corrected chi connectivity index (χ0v) is 15.8. The molecule has 0 aliphatic rings. The highest BCUT2D eigenvalue weighted by atomic mass is 31.1. The van der Waals surface area contributed by atoms with Crippen LogP contribution in [0.25, 0.3) is 0 Å². The lowest BCUT2D eigenvalue weighted by atomic mass is 10.1. The first-order valence-corrected chi connectivity index (χ1v) is 10.5. The minimum atomic E-state index is -0.324. The lowest BCUT2D eigenvalue weighted by Crippen LogP contribution is -2.08. The molecule has 0 spiro atoms. The molecule has 122 valence electrons. The van der Waals surface area contributed by atoms with Crippen LogP contribution in [0.2, 0.25) is 0 Å².